The lowest BCUT2D eigenvalue weighted by Crippen LogP contribution is -2.62. The van der Waals surface area contributed by atoms with Crippen LogP contribution in [0.1, 0.15) is 0 Å². The number of carbonyl (C=O) groups is 1. The lowest BCUT2D eigenvalue weighted by molar-refractivity contribution is -0.472. The first-order valence-corrected chi connectivity index (χ1v) is 6.33. The van der Waals surface area contributed by atoms with Crippen LogP contribution < -0.4 is 5.32 Å². The summed E-state index contributed by atoms with van der Waals surface area (Å²) in [6.45, 7) is 0. The molecule has 0 aromatic carbocycles. The van der Waals surface area contributed by atoms with Gasteiger partial charge in [0.05, 0.1) is 0 Å². The van der Waals surface area contributed by atoms with Gasteiger partial charge in [0.25, 0.3) is 0 Å². The zero-order valence-electron chi connectivity index (χ0n) is 11.0. The molecule has 16 heteroatoms. The maximum Gasteiger partial charge on any atom is 0.462 e. The van der Waals surface area contributed by atoms with E-state index in [1.54, 1.807) is 0 Å². The molecule has 0 fully saturated rings. The maximum atomic E-state index is 13.7. The molecule has 4 nitrogen and oxygen atoms in total. The minimum absolute atomic E-state index is 0.358. The molecule has 1 aromatic rings. The number of alkyl halides is 11. The number of thiazole rings is 1. The van der Waals surface area contributed by atoms with Gasteiger partial charge < -0.3 is 0 Å². The Balaban J connectivity index is 3.25. The van der Waals surface area contributed by atoms with E-state index in [4.69, 9.17) is 0 Å². The molecule has 144 valence electrons. The number of hydrogen-bond donors (Lipinski definition) is 1. The maximum absolute atomic E-state index is 13.7. The second-order valence-corrected chi connectivity index (χ2v) is 4.97. The van der Waals surface area contributed by atoms with E-state index in [0.717, 1.165) is 16.9 Å². The van der Waals surface area contributed by atoms with E-state index < -0.39 is 41.3 Å². The molecule has 0 radical (unpaired) electrons. The number of nitrogens with one attached hydrogen (secondary N) is 1. The summed E-state index contributed by atoms with van der Waals surface area (Å²) in [6, 6.07) is 0. The summed E-state index contributed by atoms with van der Waals surface area (Å²) >= 11 is 0.358. The molecule has 0 saturated carbocycles. The van der Waals surface area contributed by atoms with E-state index in [2.05, 4.69) is 9.72 Å². The Labute approximate surface area is 133 Å². The number of anilines is 1. The molecule has 1 amide bonds. The van der Waals surface area contributed by atoms with Crippen molar-refractivity contribution in [2.24, 2.45) is 0 Å². The average molecular weight is 412 g/mol. The van der Waals surface area contributed by atoms with Crippen LogP contribution in [0.25, 0.3) is 0 Å². The van der Waals surface area contributed by atoms with Crippen LogP contribution in [0.2, 0.25) is 0 Å². The van der Waals surface area contributed by atoms with Gasteiger partial charge in [-0.1, -0.05) is 0 Å². The number of halogens is 11. The van der Waals surface area contributed by atoms with Crippen LogP contribution in [0.4, 0.5) is 53.4 Å². The first-order chi connectivity index (χ1) is 11.0. The molecule has 25 heavy (non-hydrogen) atoms. The van der Waals surface area contributed by atoms with Crippen LogP contribution in [-0.4, -0.2) is 41.1 Å². The molecular formula is C9H3F11N2O2S. The van der Waals surface area contributed by atoms with E-state index in [9.17, 15) is 53.1 Å². The SMILES string of the molecule is O=C(Nc1nccs1)[C@@](F)(OC(F)(F)C(F)(F)C(F)(F)F)C(F)(F)F. The minimum Gasteiger partial charge on any atom is -0.297 e. The fraction of sp³-hybridized carbons (Fsp3) is 0.556. The van der Waals surface area contributed by atoms with Crippen molar-refractivity contribution in [1.82, 2.24) is 4.98 Å². The third-order valence-electron chi connectivity index (χ3n) is 2.30. The van der Waals surface area contributed by atoms with Crippen LogP contribution >= 0.6 is 11.3 Å². The van der Waals surface area contributed by atoms with Crippen molar-refractivity contribution in [3.05, 3.63) is 11.6 Å². The second kappa shape index (κ2) is 6.22. The summed E-state index contributed by atoms with van der Waals surface area (Å²) < 4.78 is 140. The van der Waals surface area contributed by atoms with Gasteiger partial charge in [-0.2, -0.15) is 48.3 Å². The first kappa shape index (κ1) is 21.3. The number of hydrogen-bond acceptors (Lipinski definition) is 4. The summed E-state index contributed by atoms with van der Waals surface area (Å²) in [7, 11) is 0. The van der Waals surface area contributed by atoms with Gasteiger partial charge in [0.15, 0.2) is 5.13 Å². The predicted molar refractivity (Wildman–Crippen MR) is 57.7 cm³/mol. The van der Waals surface area contributed by atoms with Crippen LogP contribution in [0.15, 0.2) is 11.6 Å². The van der Waals surface area contributed by atoms with E-state index >= 15 is 0 Å². The monoisotopic (exact) mass is 412 g/mol. The molecule has 1 aromatic heterocycles. The average Bonchev–Trinajstić information content (AvgIpc) is 2.87. The predicted octanol–water partition coefficient (Wildman–Crippen LogP) is 4.12. The zero-order chi connectivity index (χ0) is 19.9. The molecule has 0 aliphatic carbocycles. The van der Waals surface area contributed by atoms with E-state index in [1.165, 1.54) is 0 Å². The van der Waals surface area contributed by atoms with Gasteiger partial charge in [-0.05, 0) is 0 Å². The topological polar surface area (TPSA) is 51.2 Å². The normalized spacial score (nSPS) is 16.4. The van der Waals surface area contributed by atoms with Gasteiger partial charge in [0.2, 0.25) is 0 Å². The highest BCUT2D eigenvalue weighted by molar-refractivity contribution is 7.13. The Morgan fingerprint density at radius 1 is 0.960 bits per heavy atom. The molecule has 1 heterocycles. The van der Waals surface area contributed by atoms with Crippen molar-refractivity contribution in [3.63, 3.8) is 0 Å². The van der Waals surface area contributed by atoms with Gasteiger partial charge in [-0.15, -0.1) is 11.3 Å². The third kappa shape index (κ3) is 3.94. The Bertz CT molecular complexity index is 612. The van der Waals surface area contributed by atoms with Crippen molar-refractivity contribution < 1.29 is 57.8 Å². The summed E-state index contributed by atoms with van der Waals surface area (Å²) in [5.74, 6) is -16.6. The second-order valence-electron chi connectivity index (χ2n) is 4.08. The van der Waals surface area contributed by atoms with Gasteiger partial charge >= 0.3 is 36.1 Å². The lowest BCUT2D eigenvalue weighted by Gasteiger charge is -2.33. The Kier molecular flexibility index (Phi) is 5.31. The molecule has 0 bridgehead atoms. The van der Waals surface area contributed by atoms with Crippen LogP contribution in [0.3, 0.4) is 0 Å². The number of aromatic nitrogens is 1. The van der Waals surface area contributed by atoms with Gasteiger partial charge in [-0.3, -0.25) is 14.8 Å². The van der Waals surface area contributed by atoms with Crippen molar-refractivity contribution >= 4 is 22.4 Å². The van der Waals surface area contributed by atoms with Crippen molar-refractivity contribution in [3.8, 4) is 0 Å². The van der Waals surface area contributed by atoms with Crippen molar-refractivity contribution in [2.75, 3.05) is 5.32 Å². The summed E-state index contributed by atoms with van der Waals surface area (Å²) in [6.07, 6.45) is -20.1. The molecule has 0 saturated heterocycles. The number of nitrogens with zero attached hydrogens (tertiary/aromatic N) is 1. The molecule has 0 unspecified atom stereocenters. The van der Waals surface area contributed by atoms with Crippen molar-refractivity contribution in [2.45, 2.75) is 30.2 Å². The van der Waals surface area contributed by atoms with Gasteiger partial charge in [0, 0.05) is 11.6 Å². The fourth-order valence-electron chi connectivity index (χ4n) is 1.10. The molecule has 0 aliphatic rings. The third-order valence-corrected chi connectivity index (χ3v) is 2.99. The molecule has 0 aliphatic heterocycles. The minimum atomic E-state index is -7.23. The summed E-state index contributed by atoms with van der Waals surface area (Å²) in [5, 5.41) is 1.19. The summed E-state index contributed by atoms with van der Waals surface area (Å²) in [4.78, 5) is 14.3. The van der Waals surface area contributed by atoms with Crippen LogP contribution in [0, 0.1) is 0 Å². The van der Waals surface area contributed by atoms with Gasteiger partial charge in [-0.25, -0.2) is 4.98 Å². The van der Waals surface area contributed by atoms with Crippen molar-refractivity contribution in [1.29, 1.82) is 0 Å². The highest BCUT2D eigenvalue weighted by Gasteiger charge is 2.79. The lowest BCUT2D eigenvalue weighted by atomic mass is 10.2. The Morgan fingerprint density at radius 2 is 1.48 bits per heavy atom. The van der Waals surface area contributed by atoms with Crippen LogP contribution in [0.5, 0.6) is 0 Å². The number of carbonyl (C=O) groups excluding carboxylic acids is 1. The number of rotatable bonds is 5. The molecule has 1 rings (SSSR count). The van der Waals surface area contributed by atoms with E-state index in [0.29, 0.717) is 11.3 Å². The van der Waals surface area contributed by atoms with E-state index in [1.807, 2.05) is 0 Å². The Hall–Kier alpha value is -1.71. The smallest absolute Gasteiger partial charge is 0.297 e. The fourth-order valence-corrected chi connectivity index (χ4v) is 1.63. The Morgan fingerprint density at radius 3 is 1.84 bits per heavy atom. The van der Waals surface area contributed by atoms with E-state index in [-0.39, 0.29) is 0 Å². The number of ether oxygens (including phenoxy) is 1. The zero-order valence-corrected chi connectivity index (χ0v) is 11.8. The largest absolute Gasteiger partial charge is 0.462 e. The summed E-state index contributed by atoms with van der Waals surface area (Å²) in [5.41, 5.74) is 0. The van der Waals surface area contributed by atoms with Crippen LogP contribution in [-0.2, 0) is 9.53 Å². The quantitative estimate of drug-likeness (QED) is 0.741. The standard InChI is InChI=1S/C9H3F11N2O2S/c10-5(7(13,14)15,3(23)22-4-21-1-2-25-4)24-9(19,20)6(11,12)8(16,17)18/h1-2H,(H,21,22,23)/t5-/m1/s1. The molecule has 0 spiro atoms. The number of amides is 1. The molecular weight excluding hydrogens is 409 g/mol. The molecule has 1 atom stereocenters. The first-order valence-electron chi connectivity index (χ1n) is 5.45. The highest BCUT2D eigenvalue weighted by Crippen LogP contribution is 2.51. The highest BCUT2D eigenvalue weighted by atomic mass is 32.1. The van der Waals surface area contributed by atoms with Gasteiger partial charge in [0.1, 0.15) is 0 Å². The molecule has 1 N–H and O–H groups in total.